The minimum atomic E-state index is 0.123. The van der Waals surface area contributed by atoms with Crippen molar-refractivity contribution in [3.05, 3.63) is 17.1 Å². The number of rotatable bonds is 0. The number of nitrogens with one attached hydrogen (secondary N) is 1. The van der Waals surface area contributed by atoms with Gasteiger partial charge in [-0.3, -0.25) is 0 Å². The lowest BCUT2D eigenvalue weighted by atomic mass is 10.2. The van der Waals surface area contributed by atoms with Crippen molar-refractivity contribution in [2.24, 2.45) is 0 Å². The van der Waals surface area contributed by atoms with Gasteiger partial charge in [-0.1, -0.05) is 0 Å². The lowest BCUT2D eigenvalue weighted by Gasteiger charge is -1.99. The third-order valence-corrected chi connectivity index (χ3v) is 1.78. The Balaban J connectivity index is 2.60. The normalized spacial score (nSPS) is 15.0. The van der Waals surface area contributed by atoms with Gasteiger partial charge in [0.25, 0.3) is 0 Å². The number of nitrogens with zero attached hydrogens (tertiary/aromatic N) is 2. The molecule has 0 saturated heterocycles. The molecule has 0 aliphatic carbocycles. The number of hydrogen-bond donors (Lipinski definition) is 2. The molecule has 0 unspecified atom stereocenters. The molecule has 1 aromatic heterocycles. The SMILES string of the molecule is Cc1nc(O)c2c(n1)CNC2. The van der Waals surface area contributed by atoms with E-state index in [1.807, 2.05) is 0 Å². The molecule has 4 nitrogen and oxygen atoms in total. The standard InChI is InChI=1S/C7H9N3O/c1-4-9-6-3-8-2-5(6)7(11)10-4/h8H,2-3H2,1H3,(H,9,10,11). The minimum Gasteiger partial charge on any atom is -0.493 e. The third-order valence-electron chi connectivity index (χ3n) is 1.78. The van der Waals surface area contributed by atoms with Crippen molar-refractivity contribution in [1.29, 1.82) is 0 Å². The van der Waals surface area contributed by atoms with Crippen LogP contribution in [0.5, 0.6) is 5.88 Å². The van der Waals surface area contributed by atoms with E-state index in [1.165, 1.54) is 0 Å². The fourth-order valence-electron chi connectivity index (χ4n) is 1.27. The van der Waals surface area contributed by atoms with Gasteiger partial charge in [0, 0.05) is 13.1 Å². The van der Waals surface area contributed by atoms with Gasteiger partial charge in [-0.15, -0.1) is 0 Å². The van der Waals surface area contributed by atoms with Crippen molar-refractivity contribution in [3.8, 4) is 5.88 Å². The Bertz CT molecular complexity index is 298. The number of aromatic nitrogens is 2. The van der Waals surface area contributed by atoms with Crippen molar-refractivity contribution >= 4 is 0 Å². The molecular weight excluding hydrogens is 142 g/mol. The minimum absolute atomic E-state index is 0.123. The van der Waals surface area contributed by atoms with Gasteiger partial charge < -0.3 is 10.4 Å². The lowest BCUT2D eigenvalue weighted by Crippen LogP contribution is -2.00. The topological polar surface area (TPSA) is 58.0 Å². The molecule has 0 amide bonds. The summed E-state index contributed by atoms with van der Waals surface area (Å²) < 4.78 is 0. The Kier molecular flexibility index (Phi) is 1.29. The largest absolute Gasteiger partial charge is 0.493 e. The molecule has 1 aliphatic heterocycles. The highest BCUT2D eigenvalue weighted by Crippen LogP contribution is 2.20. The van der Waals surface area contributed by atoms with Crippen LogP contribution in [0.25, 0.3) is 0 Å². The molecule has 0 spiro atoms. The molecule has 58 valence electrons. The second-order valence-electron chi connectivity index (χ2n) is 2.62. The molecule has 1 aliphatic rings. The fraction of sp³-hybridized carbons (Fsp3) is 0.429. The summed E-state index contributed by atoms with van der Waals surface area (Å²) in [7, 11) is 0. The van der Waals surface area contributed by atoms with Crippen molar-refractivity contribution in [2.75, 3.05) is 0 Å². The van der Waals surface area contributed by atoms with E-state index in [2.05, 4.69) is 15.3 Å². The lowest BCUT2D eigenvalue weighted by molar-refractivity contribution is 0.443. The van der Waals surface area contributed by atoms with Gasteiger partial charge in [0.15, 0.2) is 0 Å². The highest BCUT2D eigenvalue weighted by molar-refractivity contribution is 5.32. The molecule has 2 N–H and O–H groups in total. The van der Waals surface area contributed by atoms with Gasteiger partial charge in [0.1, 0.15) is 5.82 Å². The summed E-state index contributed by atoms with van der Waals surface area (Å²) in [4.78, 5) is 8.03. The first-order valence-corrected chi connectivity index (χ1v) is 3.53. The van der Waals surface area contributed by atoms with Gasteiger partial charge >= 0.3 is 0 Å². The molecule has 0 saturated carbocycles. The summed E-state index contributed by atoms with van der Waals surface area (Å²) in [6, 6.07) is 0. The molecule has 0 fully saturated rings. The maximum atomic E-state index is 9.32. The summed E-state index contributed by atoms with van der Waals surface area (Å²) in [5, 5.41) is 12.4. The second kappa shape index (κ2) is 2.17. The highest BCUT2D eigenvalue weighted by Gasteiger charge is 2.16. The zero-order chi connectivity index (χ0) is 7.84. The monoisotopic (exact) mass is 151 g/mol. The van der Waals surface area contributed by atoms with Crippen LogP contribution in [0, 0.1) is 6.92 Å². The van der Waals surface area contributed by atoms with Gasteiger partial charge in [0.2, 0.25) is 5.88 Å². The van der Waals surface area contributed by atoms with E-state index >= 15 is 0 Å². The van der Waals surface area contributed by atoms with Crippen LogP contribution in [0.4, 0.5) is 0 Å². The van der Waals surface area contributed by atoms with Crippen LogP contribution in [-0.2, 0) is 13.1 Å². The van der Waals surface area contributed by atoms with Crippen LogP contribution in [-0.4, -0.2) is 15.1 Å². The Labute approximate surface area is 64.3 Å². The maximum Gasteiger partial charge on any atom is 0.219 e. The number of hydrogen-bond acceptors (Lipinski definition) is 4. The van der Waals surface area contributed by atoms with E-state index in [0.717, 1.165) is 17.8 Å². The molecule has 0 atom stereocenters. The Morgan fingerprint density at radius 2 is 2.18 bits per heavy atom. The summed E-state index contributed by atoms with van der Waals surface area (Å²) in [6.07, 6.45) is 0. The first-order chi connectivity index (χ1) is 5.27. The van der Waals surface area contributed by atoms with Gasteiger partial charge in [-0.2, -0.15) is 4.98 Å². The van der Waals surface area contributed by atoms with Crippen LogP contribution in [0.2, 0.25) is 0 Å². The first kappa shape index (κ1) is 6.54. The first-order valence-electron chi connectivity index (χ1n) is 3.53. The van der Waals surface area contributed by atoms with E-state index in [-0.39, 0.29) is 5.88 Å². The predicted octanol–water partition coefficient (Wildman–Crippen LogP) is 0.0938. The Hall–Kier alpha value is -1.16. The van der Waals surface area contributed by atoms with E-state index in [4.69, 9.17) is 0 Å². The average Bonchev–Trinajstić information content (AvgIpc) is 2.34. The fourth-order valence-corrected chi connectivity index (χ4v) is 1.27. The second-order valence-corrected chi connectivity index (χ2v) is 2.62. The average molecular weight is 151 g/mol. The van der Waals surface area contributed by atoms with Crippen molar-refractivity contribution in [2.45, 2.75) is 20.0 Å². The van der Waals surface area contributed by atoms with Gasteiger partial charge in [-0.25, -0.2) is 4.98 Å². The van der Waals surface area contributed by atoms with Crippen LogP contribution in [0.3, 0.4) is 0 Å². The van der Waals surface area contributed by atoms with E-state index in [9.17, 15) is 5.11 Å². The smallest absolute Gasteiger partial charge is 0.219 e. The van der Waals surface area contributed by atoms with Gasteiger partial charge in [0.05, 0.1) is 11.3 Å². The van der Waals surface area contributed by atoms with Crippen LogP contribution < -0.4 is 5.32 Å². The van der Waals surface area contributed by atoms with E-state index < -0.39 is 0 Å². The predicted molar refractivity (Wildman–Crippen MR) is 39.0 cm³/mol. The summed E-state index contributed by atoms with van der Waals surface area (Å²) in [5.41, 5.74) is 1.77. The number of aryl methyl sites for hydroxylation is 1. The summed E-state index contributed by atoms with van der Waals surface area (Å²) in [5.74, 6) is 0.752. The molecule has 1 aromatic rings. The van der Waals surface area contributed by atoms with Gasteiger partial charge in [-0.05, 0) is 6.92 Å². The summed E-state index contributed by atoms with van der Waals surface area (Å²) >= 11 is 0. The number of aromatic hydroxyl groups is 1. The molecule has 2 heterocycles. The molecule has 4 heteroatoms. The van der Waals surface area contributed by atoms with Crippen LogP contribution in [0.1, 0.15) is 17.1 Å². The van der Waals surface area contributed by atoms with Crippen LogP contribution >= 0.6 is 0 Å². The van der Waals surface area contributed by atoms with Crippen LogP contribution in [0.15, 0.2) is 0 Å². The summed E-state index contributed by atoms with van der Waals surface area (Å²) in [6.45, 7) is 3.20. The highest BCUT2D eigenvalue weighted by atomic mass is 16.3. The Morgan fingerprint density at radius 1 is 1.36 bits per heavy atom. The quantitative estimate of drug-likeness (QED) is 0.552. The molecule has 0 bridgehead atoms. The molecule has 0 radical (unpaired) electrons. The third kappa shape index (κ3) is 0.952. The van der Waals surface area contributed by atoms with E-state index in [0.29, 0.717) is 12.4 Å². The van der Waals surface area contributed by atoms with E-state index in [1.54, 1.807) is 6.92 Å². The molecule has 0 aromatic carbocycles. The zero-order valence-corrected chi connectivity index (χ0v) is 6.26. The van der Waals surface area contributed by atoms with Crippen molar-refractivity contribution in [3.63, 3.8) is 0 Å². The van der Waals surface area contributed by atoms with Crippen molar-refractivity contribution in [1.82, 2.24) is 15.3 Å². The molecule has 11 heavy (non-hydrogen) atoms. The molecule has 2 rings (SSSR count). The molecular formula is C7H9N3O. The Morgan fingerprint density at radius 3 is 3.00 bits per heavy atom. The number of fused-ring (bicyclic) bond motifs is 1. The van der Waals surface area contributed by atoms with Crippen molar-refractivity contribution < 1.29 is 5.11 Å². The zero-order valence-electron chi connectivity index (χ0n) is 6.26. The maximum absolute atomic E-state index is 9.32.